The Morgan fingerprint density at radius 3 is 2.40 bits per heavy atom. The number of nitrogen functional groups attached to an aromatic ring is 1. The summed E-state index contributed by atoms with van der Waals surface area (Å²) in [6.07, 6.45) is 5.96. The Balaban J connectivity index is 1.66. The number of benzene rings is 2. The minimum atomic E-state index is -0.308. The van der Waals surface area contributed by atoms with Gasteiger partial charge in [-0.25, -0.2) is 14.1 Å². The molecule has 7 heteroatoms. The second-order valence-electron chi connectivity index (χ2n) is 7.71. The van der Waals surface area contributed by atoms with E-state index in [0.717, 1.165) is 24.1 Å². The van der Waals surface area contributed by atoms with E-state index in [0.29, 0.717) is 34.5 Å². The molecule has 1 aliphatic rings. The molecule has 3 N–H and O–H groups in total. The van der Waals surface area contributed by atoms with Gasteiger partial charge in [0.25, 0.3) is 0 Å². The van der Waals surface area contributed by atoms with Crippen molar-refractivity contribution in [2.45, 2.75) is 38.1 Å². The van der Waals surface area contributed by atoms with Crippen molar-refractivity contribution >= 4 is 22.8 Å². The van der Waals surface area contributed by atoms with Crippen molar-refractivity contribution in [2.75, 3.05) is 11.1 Å². The van der Waals surface area contributed by atoms with Gasteiger partial charge in [0.2, 0.25) is 5.95 Å². The lowest BCUT2D eigenvalue weighted by Gasteiger charge is -2.22. The number of halogens is 1. The first-order valence-corrected chi connectivity index (χ1v) is 10.3. The van der Waals surface area contributed by atoms with E-state index in [-0.39, 0.29) is 5.82 Å². The number of hydrogen-bond acceptors (Lipinski definition) is 5. The van der Waals surface area contributed by atoms with Crippen LogP contribution in [0, 0.1) is 5.82 Å². The molecule has 1 saturated carbocycles. The van der Waals surface area contributed by atoms with E-state index in [1.54, 1.807) is 16.8 Å². The fourth-order valence-electron chi connectivity index (χ4n) is 4.09. The molecular formula is C23H23FN6. The molecule has 0 aliphatic heterocycles. The third-order valence-corrected chi connectivity index (χ3v) is 5.63. The average molecular weight is 402 g/mol. The summed E-state index contributed by atoms with van der Waals surface area (Å²) in [6.45, 7) is 0. The molecule has 2 aromatic carbocycles. The smallest absolute Gasteiger partial charge is 0.225 e. The predicted molar refractivity (Wildman–Crippen MR) is 117 cm³/mol. The largest absolute Gasteiger partial charge is 0.383 e. The SMILES string of the molecule is Nc1c2c(-c3ccccc3)nc(NC3CCCCC3)nc2nn1-c1ccc(F)cc1. The summed E-state index contributed by atoms with van der Waals surface area (Å²) in [7, 11) is 0. The van der Waals surface area contributed by atoms with Gasteiger partial charge in [0.05, 0.1) is 16.8 Å². The summed E-state index contributed by atoms with van der Waals surface area (Å²) in [4.78, 5) is 9.50. The predicted octanol–water partition coefficient (Wildman–Crippen LogP) is 4.95. The molecule has 0 saturated heterocycles. The molecule has 0 atom stereocenters. The lowest BCUT2D eigenvalue weighted by Crippen LogP contribution is -2.23. The Morgan fingerprint density at radius 1 is 0.933 bits per heavy atom. The molecular weight excluding hydrogens is 379 g/mol. The van der Waals surface area contributed by atoms with Crippen molar-refractivity contribution < 1.29 is 4.39 Å². The van der Waals surface area contributed by atoms with Crippen LogP contribution in [0.3, 0.4) is 0 Å². The second-order valence-corrected chi connectivity index (χ2v) is 7.71. The maximum absolute atomic E-state index is 13.4. The van der Waals surface area contributed by atoms with Crippen LogP contribution in [0.2, 0.25) is 0 Å². The van der Waals surface area contributed by atoms with E-state index in [1.165, 1.54) is 31.4 Å². The van der Waals surface area contributed by atoms with Gasteiger partial charge in [-0.3, -0.25) is 0 Å². The van der Waals surface area contributed by atoms with Crippen LogP contribution in [0.15, 0.2) is 54.6 Å². The Bertz CT molecular complexity index is 1160. The molecule has 0 spiro atoms. The van der Waals surface area contributed by atoms with Gasteiger partial charge < -0.3 is 11.1 Å². The van der Waals surface area contributed by atoms with Crippen molar-refractivity contribution in [3.05, 3.63) is 60.4 Å². The minimum Gasteiger partial charge on any atom is -0.383 e. The van der Waals surface area contributed by atoms with Crippen LogP contribution in [0.5, 0.6) is 0 Å². The van der Waals surface area contributed by atoms with E-state index in [9.17, 15) is 4.39 Å². The maximum Gasteiger partial charge on any atom is 0.225 e. The summed E-state index contributed by atoms with van der Waals surface area (Å²) in [5.41, 5.74) is 9.37. The summed E-state index contributed by atoms with van der Waals surface area (Å²) < 4.78 is 15.0. The molecule has 0 radical (unpaired) electrons. The van der Waals surface area contributed by atoms with Gasteiger partial charge in [-0.1, -0.05) is 49.6 Å². The zero-order valence-corrected chi connectivity index (χ0v) is 16.6. The maximum atomic E-state index is 13.4. The van der Waals surface area contributed by atoms with Crippen molar-refractivity contribution in [2.24, 2.45) is 0 Å². The molecule has 1 fully saturated rings. The standard InChI is InChI=1S/C23H23FN6/c24-16-11-13-18(14-12-16)30-21(25)19-20(15-7-3-1-4-8-15)27-23(28-22(19)29-30)26-17-9-5-2-6-10-17/h1,3-4,7-8,11-14,17H,2,5-6,9-10,25H2,(H,26,28,29). The molecule has 1 aliphatic carbocycles. The molecule has 30 heavy (non-hydrogen) atoms. The fourth-order valence-corrected chi connectivity index (χ4v) is 4.09. The molecule has 0 unspecified atom stereocenters. The topological polar surface area (TPSA) is 81.7 Å². The van der Waals surface area contributed by atoms with Crippen LogP contribution in [0.1, 0.15) is 32.1 Å². The Kier molecular flexibility index (Phi) is 4.78. The van der Waals surface area contributed by atoms with E-state index >= 15 is 0 Å². The Hall–Kier alpha value is -3.48. The highest BCUT2D eigenvalue weighted by Gasteiger charge is 2.21. The minimum absolute atomic E-state index is 0.308. The summed E-state index contributed by atoms with van der Waals surface area (Å²) in [5, 5.41) is 8.82. The number of nitrogens with zero attached hydrogens (tertiary/aromatic N) is 4. The molecule has 2 heterocycles. The third kappa shape index (κ3) is 3.47. The number of hydrogen-bond donors (Lipinski definition) is 2. The van der Waals surface area contributed by atoms with Crippen molar-refractivity contribution in [3.8, 4) is 16.9 Å². The lowest BCUT2D eigenvalue weighted by molar-refractivity contribution is 0.461. The van der Waals surface area contributed by atoms with Gasteiger partial charge in [-0.2, -0.15) is 4.98 Å². The highest BCUT2D eigenvalue weighted by molar-refractivity contribution is 5.99. The first-order chi connectivity index (χ1) is 14.7. The van der Waals surface area contributed by atoms with E-state index < -0.39 is 0 Å². The highest BCUT2D eigenvalue weighted by Crippen LogP contribution is 2.33. The molecule has 6 nitrogen and oxygen atoms in total. The summed E-state index contributed by atoms with van der Waals surface area (Å²) in [5.74, 6) is 0.689. The van der Waals surface area contributed by atoms with Crippen LogP contribution >= 0.6 is 0 Å². The quantitative estimate of drug-likeness (QED) is 0.505. The number of anilines is 2. The van der Waals surface area contributed by atoms with Gasteiger partial charge in [-0.15, -0.1) is 5.10 Å². The van der Waals surface area contributed by atoms with Crippen LogP contribution in [-0.2, 0) is 0 Å². The van der Waals surface area contributed by atoms with Gasteiger partial charge >= 0.3 is 0 Å². The van der Waals surface area contributed by atoms with Crippen LogP contribution in [0.25, 0.3) is 28.0 Å². The van der Waals surface area contributed by atoms with E-state index in [1.807, 2.05) is 30.3 Å². The van der Waals surface area contributed by atoms with Gasteiger partial charge in [-0.05, 0) is 37.1 Å². The molecule has 4 aromatic rings. The first-order valence-electron chi connectivity index (χ1n) is 10.3. The average Bonchev–Trinajstić information content (AvgIpc) is 3.11. The van der Waals surface area contributed by atoms with E-state index in [4.69, 9.17) is 10.7 Å². The normalized spacial score (nSPS) is 14.8. The van der Waals surface area contributed by atoms with Crippen LogP contribution < -0.4 is 11.1 Å². The first kappa shape index (κ1) is 18.5. The summed E-state index contributed by atoms with van der Waals surface area (Å²) in [6, 6.07) is 16.4. The van der Waals surface area contributed by atoms with Crippen LogP contribution in [0.4, 0.5) is 16.2 Å². The van der Waals surface area contributed by atoms with Crippen molar-refractivity contribution in [3.63, 3.8) is 0 Å². The second kappa shape index (κ2) is 7.74. The molecule has 5 rings (SSSR count). The number of aromatic nitrogens is 4. The highest BCUT2D eigenvalue weighted by atomic mass is 19.1. The third-order valence-electron chi connectivity index (χ3n) is 5.63. The Morgan fingerprint density at radius 2 is 1.67 bits per heavy atom. The molecule has 152 valence electrons. The molecule has 0 bridgehead atoms. The van der Waals surface area contributed by atoms with E-state index in [2.05, 4.69) is 15.4 Å². The number of nitrogens with one attached hydrogen (secondary N) is 1. The Labute approximate surface area is 174 Å². The molecule has 0 amide bonds. The van der Waals surface area contributed by atoms with Crippen molar-refractivity contribution in [1.29, 1.82) is 0 Å². The van der Waals surface area contributed by atoms with Gasteiger partial charge in [0.1, 0.15) is 11.6 Å². The summed E-state index contributed by atoms with van der Waals surface area (Å²) >= 11 is 0. The monoisotopic (exact) mass is 402 g/mol. The fraction of sp³-hybridized carbons (Fsp3) is 0.261. The number of rotatable bonds is 4. The molecule has 2 aromatic heterocycles. The number of nitrogens with two attached hydrogens (primary N) is 1. The number of fused-ring (bicyclic) bond motifs is 1. The van der Waals surface area contributed by atoms with Crippen molar-refractivity contribution in [1.82, 2.24) is 19.7 Å². The van der Waals surface area contributed by atoms with Gasteiger partial charge in [0.15, 0.2) is 5.65 Å². The van der Waals surface area contributed by atoms with Crippen LogP contribution in [-0.4, -0.2) is 25.8 Å². The lowest BCUT2D eigenvalue weighted by atomic mass is 9.96. The van der Waals surface area contributed by atoms with Gasteiger partial charge in [0, 0.05) is 11.6 Å². The zero-order valence-electron chi connectivity index (χ0n) is 16.6. The zero-order chi connectivity index (χ0) is 20.5.